The summed E-state index contributed by atoms with van der Waals surface area (Å²) in [4.78, 5) is 47.0. The number of carbonyl (C=O) groups excluding carboxylic acids is 3. The highest BCUT2D eigenvalue weighted by Crippen LogP contribution is 2.21. The minimum Gasteiger partial charge on any atom is -0.422 e. The largest absolute Gasteiger partial charge is 0.422 e. The Bertz CT molecular complexity index is 1380. The Balaban J connectivity index is 1.65. The zero-order valence-corrected chi connectivity index (χ0v) is 18.9. The van der Waals surface area contributed by atoms with E-state index in [0.717, 1.165) is 5.56 Å². The number of benzene rings is 3. The van der Waals surface area contributed by atoms with Crippen molar-refractivity contribution in [2.24, 2.45) is 5.10 Å². The molecule has 11 heteroatoms. The highest BCUT2D eigenvalue weighted by molar-refractivity contribution is 6.39. The molecule has 0 aliphatic carbocycles. The number of nitro benzene ring substituents is 1. The van der Waals surface area contributed by atoms with Crippen LogP contribution in [0, 0.1) is 21.4 Å². The monoisotopic (exact) mass is 485 g/mol. The summed E-state index contributed by atoms with van der Waals surface area (Å²) in [5.41, 5.74) is 3.87. The first-order valence-corrected chi connectivity index (χ1v) is 10.5. The molecule has 0 aliphatic heterocycles. The van der Waals surface area contributed by atoms with E-state index in [1.807, 2.05) is 6.07 Å². The van der Waals surface area contributed by atoms with E-state index >= 15 is 0 Å². The molecule has 2 N–H and O–H groups in total. The molecular formula is C25H19N5O6. The second-order valence-electron chi connectivity index (χ2n) is 7.31. The van der Waals surface area contributed by atoms with Crippen molar-refractivity contribution in [1.29, 1.82) is 5.26 Å². The molecule has 0 atom stereocenters. The first-order valence-electron chi connectivity index (χ1n) is 10.5. The van der Waals surface area contributed by atoms with Crippen LogP contribution in [-0.2, 0) is 16.0 Å². The molecule has 11 nitrogen and oxygen atoms in total. The molecule has 0 heterocycles. The van der Waals surface area contributed by atoms with Crippen LogP contribution in [0.4, 0.5) is 11.4 Å². The Kier molecular flexibility index (Phi) is 8.18. The fourth-order valence-corrected chi connectivity index (χ4v) is 2.96. The summed E-state index contributed by atoms with van der Waals surface area (Å²) in [6.07, 6.45) is 0.230. The number of hydrazone groups is 1. The van der Waals surface area contributed by atoms with Crippen LogP contribution in [0.15, 0.2) is 77.9 Å². The van der Waals surface area contributed by atoms with Crippen LogP contribution in [0.25, 0.3) is 0 Å². The lowest BCUT2D eigenvalue weighted by Gasteiger charge is -2.10. The smallest absolute Gasteiger partial charge is 0.343 e. The molecule has 3 aromatic carbocycles. The van der Waals surface area contributed by atoms with Crippen LogP contribution in [-0.4, -0.2) is 28.4 Å². The van der Waals surface area contributed by atoms with Gasteiger partial charge in [0.15, 0.2) is 0 Å². The van der Waals surface area contributed by atoms with Crippen LogP contribution >= 0.6 is 0 Å². The Labute approximate surface area is 205 Å². The summed E-state index contributed by atoms with van der Waals surface area (Å²) in [5, 5.41) is 25.8. The molecule has 36 heavy (non-hydrogen) atoms. The number of nitrogens with one attached hydrogen (secondary N) is 2. The number of nitriles is 1. The number of anilines is 1. The number of nitro groups is 1. The number of ether oxygens (including phenoxy) is 1. The SMILES string of the molecule is C/C(=N\NC(=O)C(=O)Nc1ccc(CC#N)cc1)c1ccccc1OC(=O)c1ccc([N+](=O)[O-])cc1. The number of amides is 2. The molecule has 3 rings (SSSR count). The molecular weight excluding hydrogens is 466 g/mol. The Morgan fingerprint density at radius 2 is 1.67 bits per heavy atom. The summed E-state index contributed by atoms with van der Waals surface area (Å²) in [5.74, 6) is -2.57. The van der Waals surface area contributed by atoms with Crippen molar-refractivity contribution in [3.8, 4) is 11.8 Å². The van der Waals surface area contributed by atoms with Gasteiger partial charge in [0.2, 0.25) is 0 Å². The van der Waals surface area contributed by atoms with Crippen molar-refractivity contribution in [1.82, 2.24) is 5.43 Å². The number of hydrogen-bond acceptors (Lipinski definition) is 8. The van der Waals surface area contributed by atoms with Crippen LogP contribution < -0.4 is 15.5 Å². The van der Waals surface area contributed by atoms with Gasteiger partial charge >= 0.3 is 17.8 Å². The number of non-ortho nitro benzene ring substituents is 1. The van der Waals surface area contributed by atoms with E-state index in [2.05, 4.69) is 15.8 Å². The van der Waals surface area contributed by atoms with E-state index in [9.17, 15) is 24.5 Å². The lowest BCUT2D eigenvalue weighted by molar-refractivity contribution is -0.384. The second kappa shape index (κ2) is 11.7. The average Bonchev–Trinajstić information content (AvgIpc) is 2.88. The molecule has 2 amide bonds. The van der Waals surface area contributed by atoms with Gasteiger partial charge < -0.3 is 10.1 Å². The van der Waals surface area contributed by atoms with Gasteiger partial charge in [0.05, 0.1) is 28.7 Å². The third-order valence-electron chi connectivity index (χ3n) is 4.82. The lowest BCUT2D eigenvalue weighted by atomic mass is 10.1. The van der Waals surface area contributed by atoms with Gasteiger partial charge in [0.1, 0.15) is 5.75 Å². The molecule has 0 spiro atoms. The van der Waals surface area contributed by atoms with Crippen molar-refractivity contribution in [2.75, 3.05) is 5.32 Å². The predicted molar refractivity (Wildman–Crippen MR) is 129 cm³/mol. The minimum atomic E-state index is -1.02. The summed E-state index contributed by atoms with van der Waals surface area (Å²) < 4.78 is 5.41. The van der Waals surface area contributed by atoms with Crippen molar-refractivity contribution >= 4 is 34.9 Å². The van der Waals surface area contributed by atoms with Gasteiger partial charge in [-0.2, -0.15) is 10.4 Å². The Morgan fingerprint density at radius 1 is 1.00 bits per heavy atom. The van der Waals surface area contributed by atoms with Gasteiger partial charge in [0.25, 0.3) is 5.69 Å². The van der Waals surface area contributed by atoms with E-state index in [0.29, 0.717) is 11.3 Å². The van der Waals surface area contributed by atoms with Gasteiger partial charge in [-0.1, -0.05) is 24.3 Å². The van der Waals surface area contributed by atoms with Gasteiger partial charge in [-0.05, 0) is 48.9 Å². The zero-order chi connectivity index (χ0) is 26.1. The van der Waals surface area contributed by atoms with Crippen molar-refractivity contribution < 1.29 is 24.0 Å². The molecule has 0 unspecified atom stereocenters. The maximum atomic E-state index is 12.5. The summed E-state index contributed by atoms with van der Waals surface area (Å²) >= 11 is 0. The summed E-state index contributed by atoms with van der Waals surface area (Å²) in [6.45, 7) is 1.55. The molecule has 0 saturated heterocycles. The quantitative estimate of drug-likeness (QED) is 0.129. The van der Waals surface area contributed by atoms with Crippen LogP contribution in [0.1, 0.15) is 28.4 Å². The van der Waals surface area contributed by atoms with E-state index in [1.165, 1.54) is 30.3 Å². The molecule has 3 aromatic rings. The first-order chi connectivity index (χ1) is 17.3. The van der Waals surface area contributed by atoms with E-state index in [4.69, 9.17) is 10.00 Å². The fraction of sp³-hybridized carbons (Fsp3) is 0.0800. The van der Waals surface area contributed by atoms with Gasteiger partial charge in [0, 0.05) is 23.4 Å². The Morgan fingerprint density at radius 3 is 2.31 bits per heavy atom. The van der Waals surface area contributed by atoms with E-state index < -0.39 is 22.7 Å². The highest BCUT2D eigenvalue weighted by atomic mass is 16.6. The number of para-hydroxylation sites is 1. The van der Waals surface area contributed by atoms with E-state index in [1.54, 1.807) is 49.4 Å². The van der Waals surface area contributed by atoms with E-state index in [-0.39, 0.29) is 29.1 Å². The average molecular weight is 485 g/mol. The molecule has 0 radical (unpaired) electrons. The van der Waals surface area contributed by atoms with Gasteiger partial charge in [-0.3, -0.25) is 19.7 Å². The third kappa shape index (κ3) is 6.58. The number of esters is 1. The molecule has 0 aliphatic rings. The zero-order valence-electron chi connectivity index (χ0n) is 18.9. The number of carbonyl (C=O) groups is 3. The predicted octanol–water partition coefficient (Wildman–Crippen LogP) is 3.36. The topological polar surface area (TPSA) is 164 Å². The third-order valence-corrected chi connectivity index (χ3v) is 4.82. The molecule has 180 valence electrons. The van der Waals surface area contributed by atoms with Crippen molar-refractivity contribution in [3.05, 3.63) is 99.6 Å². The molecule has 0 bridgehead atoms. The second-order valence-corrected chi connectivity index (χ2v) is 7.31. The summed E-state index contributed by atoms with van der Waals surface area (Å²) in [7, 11) is 0. The van der Waals surface area contributed by atoms with Crippen LogP contribution in [0.3, 0.4) is 0 Å². The first kappa shape index (κ1) is 25.3. The molecule has 0 saturated carbocycles. The number of rotatable bonds is 7. The maximum Gasteiger partial charge on any atom is 0.343 e. The standard InChI is InChI=1S/C25H19N5O6/c1-16(28-29-24(32)23(31)27-19-10-6-17(7-11-19)14-15-26)21-4-2-3-5-22(21)36-25(33)18-8-12-20(13-9-18)30(34)35/h2-13H,14H2,1H3,(H,27,31)(H,29,32)/b28-16+. The minimum absolute atomic E-state index is 0.107. The Hall–Kier alpha value is -5.37. The van der Waals surface area contributed by atoms with Crippen molar-refractivity contribution in [2.45, 2.75) is 13.3 Å². The fourth-order valence-electron chi connectivity index (χ4n) is 2.96. The number of nitrogens with zero attached hydrogens (tertiary/aromatic N) is 3. The van der Waals surface area contributed by atoms with Gasteiger partial charge in [-0.25, -0.2) is 10.2 Å². The van der Waals surface area contributed by atoms with Crippen LogP contribution in [0.2, 0.25) is 0 Å². The van der Waals surface area contributed by atoms with Crippen LogP contribution in [0.5, 0.6) is 5.75 Å². The van der Waals surface area contributed by atoms with Crippen molar-refractivity contribution in [3.63, 3.8) is 0 Å². The molecule has 0 aromatic heterocycles. The highest BCUT2D eigenvalue weighted by Gasteiger charge is 2.16. The maximum absolute atomic E-state index is 12.5. The number of hydrogen-bond donors (Lipinski definition) is 2. The normalized spacial score (nSPS) is 10.6. The lowest BCUT2D eigenvalue weighted by Crippen LogP contribution is -2.33. The summed E-state index contributed by atoms with van der Waals surface area (Å²) in [6, 6.07) is 19.8. The van der Waals surface area contributed by atoms with Gasteiger partial charge in [-0.15, -0.1) is 0 Å². The molecule has 0 fully saturated rings.